The second-order valence-corrected chi connectivity index (χ2v) is 11.2. The van der Waals surface area contributed by atoms with Crippen molar-refractivity contribution in [2.75, 3.05) is 17.1 Å². The molecule has 0 spiro atoms. The Bertz CT molecular complexity index is 1600. The number of benzene rings is 3. The molecule has 1 aromatic heterocycles. The van der Waals surface area contributed by atoms with Crippen molar-refractivity contribution in [3.63, 3.8) is 0 Å². The SMILES string of the molecule is COc1ccc(S(=O)(=O)Nc2ccccc2C(=O)Nc2nc3ccc(S(N)(=O)=O)cc3s2)cc1. The molecule has 4 aromatic rings. The van der Waals surface area contributed by atoms with Crippen LogP contribution in [0, 0.1) is 0 Å². The average Bonchev–Trinajstić information content (AvgIpc) is 3.20. The molecule has 0 fully saturated rings. The largest absolute Gasteiger partial charge is 0.497 e. The van der Waals surface area contributed by atoms with Crippen LogP contribution in [0.3, 0.4) is 0 Å². The summed E-state index contributed by atoms with van der Waals surface area (Å²) < 4.78 is 56.7. The van der Waals surface area contributed by atoms with Crippen molar-refractivity contribution in [2.45, 2.75) is 9.79 Å². The van der Waals surface area contributed by atoms with Gasteiger partial charge in [0.1, 0.15) is 5.75 Å². The van der Waals surface area contributed by atoms with E-state index in [9.17, 15) is 21.6 Å². The predicted octanol–water partition coefficient (Wildman–Crippen LogP) is 3.01. The van der Waals surface area contributed by atoms with Crippen molar-refractivity contribution in [1.29, 1.82) is 0 Å². The lowest BCUT2D eigenvalue weighted by molar-refractivity contribution is 0.102. The Hall–Kier alpha value is -3.52. The highest BCUT2D eigenvalue weighted by atomic mass is 32.2. The van der Waals surface area contributed by atoms with Crippen molar-refractivity contribution in [3.8, 4) is 5.75 Å². The number of aromatic nitrogens is 1. The zero-order valence-electron chi connectivity index (χ0n) is 17.5. The van der Waals surface area contributed by atoms with E-state index in [1.807, 2.05) is 0 Å². The number of sulfonamides is 2. The molecule has 4 rings (SSSR count). The van der Waals surface area contributed by atoms with Crippen LogP contribution in [0.5, 0.6) is 5.75 Å². The highest BCUT2D eigenvalue weighted by Crippen LogP contribution is 2.29. The van der Waals surface area contributed by atoms with Crippen LogP contribution < -0.4 is 19.9 Å². The number of primary sulfonamides is 1. The van der Waals surface area contributed by atoms with E-state index >= 15 is 0 Å². The zero-order chi connectivity index (χ0) is 24.5. The molecule has 1 amide bonds. The molecule has 0 bridgehead atoms. The number of ether oxygens (including phenoxy) is 1. The van der Waals surface area contributed by atoms with E-state index < -0.39 is 26.0 Å². The van der Waals surface area contributed by atoms with Crippen LogP contribution in [0.15, 0.2) is 76.5 Å². The van der Waals surface area contributed by atoms with E-state index in [1.54, 1.807) is 12.1 Å². The van der Waals surface area contributed by atoms with Gasteiger partial charge in [-0.05, 0) is 54.6 Å². The molecule has 0 unspecified atom stereocenters. The number of nitrogens with zero attached hydrogens (tertiary/aromatic N) is 1. The van der Waals surface area contributed by atoms with Crippen LogP contribution in [0.4, 0.5) is 10.8 Å². The molecule has 34 heavy (non-hydrogen) atoms. The quantitative estimate of drug-likeness (QED) is 0.339. The fourth-order valence-electron chi connectivity index (χ4n) is 3.03. The molecular formula is C21H18N4O6S3. The normalized spacial score (nSPS) is 11.8. The minimum atomic E-state index is -3.97. The second kappa shape index (κ2) is 9.02. The molecular weight excluding hydrogens is 500 g/mol. The number of para-hydroxylation sites is 1. The summed E-state index contributed by atoms with van der Waals surface area (Å²) in [5, 5.41) is 7.99. The van der Waals surface area contributed by atoms with Gasteiger partial charge in [0, 0.05) is 0 Å². The molecule has 4 N–H and O–H groups in total. The van der Waals surface area contributed by atoms with Crippen LogP contribution >= 0.6 is 11.3 Å². The van der Waals surface area contributed by atoms with Gasteiger partial charge in [0.2, 0.25) is 10.0 Å². The fourth-order valence-corrected chi connectivity index (χ4v) is 5.62. The summed E-state index contributed by atoms with van der Waals surface area (Å²) in [6.45, 7) is 0. The summed E-state index contributed by atoms with van der Waals surface area (Å²) in [4.78, 5) is 17.1. The van der Waals surface area contributed by atoms with Gasteiger partial charge in [0.15, 0.2) is 5.13 Å². The molecule has 0 aliphatic carbocycles. The zero-order valence-corrected chi connectivity index (χ0v) is 20.0. The standard InChI is InChI=1S/C21H18N4O6S3/c1-31-13-6-8-14(9-7-13)34(29,30)25-17-5-3-2-4-16(17)20(26)24-21-23-18-11-10-15(33(22,27)28)12-19(18)32-21/h2-12,25H,1H3,(H2,22,27,28)(H,23,24,26). The molecule has 3 aromatic carbocycles. The first kappa shape index (κ1) is 23.6. The van der Waals surface area contributed by atoms with E-state index in [0.717, 1.165) is 11.3 Å². The number of nitrogens with two attached hydrogens (primary N) is 1. The van der Waals surface area contributed by atoms with Crippen molar-refractivity contribution in [3.05, 3.63) is 72.3 Å². The highest BCUT2D eigenvalue weighted by molar-refractivity contribution is 7.92. The van der Waals surface area contributed by atoms with Gasteiger partial charge >= 0.3 is 0 Å². The van der Waals surface area contributed by atoms with E-state index in [1.165, 1.54) is 61.7 Å². The fraction of sp³-hybridized carbons (Fsp3) is 0.0476. The van der Waals surface area contributed by atoms with Gasteiger partial charge in [-0.25, -0.2) is 27.0 Å². The van der Waals surface area contributed by atoms with Gasteiger partial charge in [-0.3, -0.25) is 14.8 Å². The molecule has 0 radical (unpaired) electrons. The van der Waals surface area contributed by atoms with Crippen LogP contribution in [-0.4, -0.2) is 34.8 Å². The van der Waals surface area contributed by atoms with E-state index in [4.69, 9.17) is 9.88 Å². The lowest BCUT2D eigenvalue weighted by Gasteiger charge is -2.12. The highest BCUT2D eigenvalue weighted by Gasteiger charge is 2.20. The summed E-state index contributed by atoms with van der Waals surface area (Å²) in [5.74, 6) is -0.0931. The number of hydrogen-bond acceptors (Lipinski definition) is 8. The van der Waals surface area contributed by atoms with Crippen LogP contribution in [-0.2, 0) is 20.0 Å². The number of carbonyl (C=O) groups excluding carboxylic acids is 1. The number of fused-ring (bicyclic) bond motifs is 1. The Morgan fingerprint density at radius 3 is 2.32 bits per heavy atom. The number of rotatable bonds is 7. The molecule has 176 valence electrons. The Morgan fingerprint density at radius 1 is 0.971 bits per heavy atom. The molecule has 0 atom stereocenters. The van der Waals surface area contributed by atoms with Gasteiger partial charge in [0.25, 0.3) is 15.9 Å². The van der Waals surface area contributed by atoms with Gasteiger partial charge in [-0.2, -0.15) is 0 Å². The summed E-state index contributed by atoms with van der Waals surface area (Å²) in [5.41, 5.74) is 0.624. The molecule has 13 heteroatoms. The van der Waals surface area contributed by atoms with Crippen molar-refractivity contribution in [2.24, 2.45) is 5.14 Å². The minimum absolute atomic E-state index is 0.000319. The summed E-state index contributed by atoms with van der Waals surface area (Å²) >= 11 is 1.06. The van der Waals surface area contributed by atoms with Crippen LogP contribution in [0.1, 0.15) is 10.4 Å². The third kappa shape index (κ3) is 5.02. The summed E-state index contributed by atoms with van der Waals surface area (Å²) in [6.07, 6.45) is 0. The van der Waals surface area contributed by atoms with Gasteiger partial charge < -0.3 is 4.74 Å². The first-order chi connectivity index (χ1) is 16.1. The third-order valence-electron chi connectivity index (χ3n) is 4.69. The van der Waals surface area contributed by atoms with Crippen LogP contribution in [0.2, 0.25) is 0 Å². The Balaban J connectivity index is 1.59. The number of anilines is 2. The number of hydrogen-bond donors (Lipinski definition) is 3. The molecule has 1 heterocycles. The van der Waals surface area contributed by atoms with Crippen molar-refractivity contribution < 1.29 is 26.4 Å². The topological polar surface area (TPSA) is 158 Å². The number of carbonyl (C=O) groups is 1. The van der Waals surface area contributed by atoms with Gasteiger partial charge in [-0.15, -0.1) is 0 Å². The maximum absolute atomic E-state index is 12.9. The summed E-state index contributed by atoms with van der Waals surface area (Å²) in [6, 6.07) is 16.1. The molecule has 0 aliphatic rings. The number of thiazole rings is 1. The maximum Gasteiger partial charge on any atom is 0.261 e. The Morgan fingerprint density at radius 2 is 1.65 bits per heavy atom. The van der Waals surface area contributed by atoms with Gasteiger partial charge in [-0.1, -0.05) is 23.5 Å². The van der Waals surface area contributed by atoms with Gasteiger partial charge in [0.05, 0.1) is 38.4 Å². The lowest BCUT2D eigenvalue weighted by atomic mass is 10.2. The Labute approximate surface area is 199 Å². The molecule has 0 saturated carbocycles. The lowest BCUT2D eigenvalue weighted by Crippen LogP contribution is -2.18. The maximum atomic E-state index is 12.9. The second-order valence-electron chi connectivity index (χ2n) is 6.97. The van der Waals surface area contributed by atoms with Crippen molar-refractivity contribution >= 4 is 58.3 Å². The summed E-state index contributed by atoms with van der Waals surface area (Å²) in [7, 11) is -6.38. The minimum Gasteiger partial charge on any atom is -0.497 e. The van der Waals surface area contributed by atoms with E-state index in [0.29, 0.717) is 16.0 Å². The first-order valence-electron chi connectivity index (χ1n) is 9.57. The molecule has 0 saturated heterocycles. The average molecular weight is 519 g/mol. The van der Waals surface area contributed by atoms with Crippen molar-refractivity contribution in [1.82, 2.24) is 4.98 Å². The number of amides is 1. The smallest absolute Gasteiger partial charge is 0.261 e. The van der Waals surface area contributed by atoms with E-state index in [2.05, 4.69) is 15.0 Å². The predicted molar refractivity (Wildman–Crippen MR) is 129 cm³/mol. The first-order valence-corrected chi connectivity index (χ1v) is 13.4. The number of methoxy groups -OCH3 is 1. The number of nitrogens with one attached hydrogen (secondary N) is 2. The molecule has 10 nitrogen and oxygen atoms in total. The monoisotopic (exact) mass is 518 g/mol. The van der Waals surface area contributed by atoms with E-state index in [-0.39, 0.29) is 26.2 Å². The third-order valence-corrected chi connectivity index (χ3v) is 7.92. The van der Waals surface area contributed by atoms with Crippen LogP contribution in [0.25, 0.3) is 10.2 Å². The Kier molecular flexibility index (Phi) is 6.27. The molecule has 0 aliphatic heterocycles.